The van der Waals surface area contributed by atoms with Gasteiger partial charge in [-0.2, -0.15) is 0 Å². The zero-order valence-electron chi connectivity index (χ0n) is 9.08. The van der Waals surface area contributed by atoms with E-state index in [2.05, 4.69) is 18.7 Å². The largest absolute Gasteiger partial charge is 0.464 e. The molecule has 0 aromatic heterocycles. The van der Waals surface area contributed by atoms with Gasteiger partial charge in [-0.05, 0) is 12.0 Å². The van der Waals surface area contributed by atoms with Crippen LogP contribution >= 0.6 is 0 Å². The van der Waals surface area contributed by atoms with E-state index < -0.39 is 0 Å². The van der Waals surface area contributed by atoms with Crippen LogP contribution in [0.3, 0.4) is 0 Å². The topological polar surface area (TPSA) is 55.6 Å². The van der Waals surface area contributed by atoms with Gasteiger partial charge in [0.2, 0.25) is 0 Å². The van der Waals surface area contributed by atoms with E-state index in [1.807, 2.05) is 0 Å². The van der Waals surface area contributed by atoms with Crippen molar-refractivity contribution in [1.82, 2.24) is 4.90 Å². The Hall–Kier alpha value is -0.610. The third kappa shape index (κ3) is 3.64. The Morgan fingerprint density at radius 1 is 1.50 bits per heavy atom. The predicted octanol–water partition coefficient (Wildman–Crippen LogP) is 0.220. The zero-order valence-corrected chi connectivity index (χ0v) is 9.08. The van der Waals surface area contributed by atoms with Gasteiger partial charge in [0, 0.05) is 19.6 Å². The van der Waals surface area contributed by atoms with Crippen molar-refractivity contribution >= 4 is 5.97 Å². The second kappa shape index (κ2) is 4.75. The van der Waals surface area contributed by atoms with Gasteiger partial charge in [0.1, 0.15) is 6.61 Å². The summed E-state index contributed by atoms with van der Waals surface area (Å²) in [4.78, 5) is 13.2. The van der Waals surface area contributed by atoms with E-state index in [-0.39, 0.29) is 11.4 Å². The van der Waals surface area contributed by atoms with Gasteiger partial charge in [0.05, 0.1) is 6.42 Å². The van der Waals surface area contributed by atoms with E-state index in [1.165, 1.54) is 0 Å². The number of ether oxygens (including phenoxy) is 1. The standard InChI is InChI=1S/C10H20N2O2/c1-10(2,7-11)8-12-4-3-9(13)14-6-5-12/h3-8,11H2,1-2H3. The molecule has 1 rings (SSSR count). The number of carbonyl (C=O) groups excluding carboxylic acids is 1. The minimum Gasteiger partial charge on any atom is -0.464 e. The van der Waals surface area contributed by atoms with Gasteiger partial charge in [0.25, 0.3) is 0 Å². The number of hydrogen-bond donors (Lipinski definition) is 1. The quantitative estimate of drug-likeness (QED) is 0.662. The molecule has 0 bridgehead atoms. The fourth-order valence-electron chi connectivity index (χ4n) is 1.55. The highest BCUT2D eigenvalue weighted by molar-refractivity contribution is 5.69. The van der Waals surface area contributed by atoms with Crippen molar-refractivity contribution in [2.24, 2.45) is 11.1 Å². The molecule has 1 heterocycles. The van der Waals surface area contributed by atoms with Crippen molar-refractivity contribution in [2.75, 3.05) is 32.8 Å². The molecular weight excluding hydrogens is 180 g/mol. The summed E-state index contributed by atoms with van der Waals surface area (Å²) in [5.41, 5.74) is 5.78. The lowest BCUT2D eigenvalue weighted by Gasteiger charge is -2.30. The number of esters is 1. The van der Waals surface area contributed by atoms with Gasteiger partial charge in [-0.1, -0.05) is 13.8 Å². The molecule has 4 heteroatoms. The first kappa shape index (κ1) is 11.5. The average Bonchev–Trinajstić information content (AvgIpc) is 2.31. The molecule has 1 fully saturated rings. The molecule has 0 atom stereocenters. The lowest BCUT2D eigenvalue weighted by molar-refractivity contribution is -0.142. The van der Waals surface area contributed by atoms with E-state index in [9.17, 15) is 4.79 Å². The summed E-state index contributed by atoms with van der Waals surface area (Å²) in [5, 5.41) is 0. The molecule has 0 amide bonds. The van der Waals surface area contributed by atoms with Gasteiger partial charge < -0.3 is 10.5 Å². The van der Waals surface area contributed by atoms with Gasteiger partial charge in [0.15, 0.2) is 0 Å². The van der Waals surface area contributed by atoms with Crippen molar-refractivity contribution in [2.45, 2.75) is 20.3 Å². The number of hydrogen-bond acceptors (Lipinski definition) is 4. The fraction of sp³-hybridized carbons (Fsp3) is 0.900. The molecule has 0 spiro atoms. The Bertz CT molecular complexity index is 204. The molecule has 0 radical (unpaired) electrons. The maximum atomic E-state index is 11.0. The Labute approximate surface area is 85.4 Å². The molecule has 1 aliphatic rings. The molecule has 0 aliphatic carbocycles. The van der Waals surface area contributed by atoms with Crippen molar-refractivity contribution in [3.8, 4) is 0 Å². The summed E-state index contributed by atoms with van der Waals surface area (Å²) < 4.78 is 4.97. The number of cyclic esters (lactones) is 1. The van der Waals surface area contributed by atoms with Crippen LogP contribution in [0.4, 0.5) is 0 Å². The molecule has 0 aromatic rings. The minimum absolute atomic E-state index is 0.0851. The summed E-state index contributed by atoms with van der Waals surface area (Å²) in [6.07, 6.45) is 0.501. The molecule has 0 unspecified atom stereocenters. The van der Waals surface area contributed by atoms with Crippen LogP contribution < -0.4 is 5.73 Å². The summed E-state index contributed by atoms with van der Waals surface area (Å²) in [5.74, 6) is -0.0851. The van der Waals surface area contributed by atoms with Crippen molar-refractivity contribution in [1.29, 1.82) is 0 Å². The van der Waals surface area contributed by atoms with Crippen LogP contribution in [0.2, 0.25) is 0 Å². The maximum Gasteiger partial charge on any atom is 0.307 e. The number of nitrogens with zero attached hydrogens (tertiary/aromatic N) is 1. The first-order valence-corrected chi connectivity index (χ1v) is 5.11. The average molecular weight is 200 g/mol. The van der Waals surface area contributed by atoms with E-state index in [1.54, 1.807) is 0 Å². The normalized spacial score (nSPS) is 20.4. The predicted molar refractivity (Wildman–Crippen MR) is 54.9 cm³/mol. The monoisotopic (exact) mass is 200 g/mol. The van der Waals surface area contributed by atoms with Crippen LogP contribution in [0.1, 0.15) is 20.3 Å². The van der Waals surface area contributed by atoms with Crippen LogP contribution in [0, 0.1) is 5.41 Å². The Morgan fingerprint density at radius 2 is 2.21 bits per heavy atom. The third-order valence-electron chi connectivity index (χ3n) is 2.51. The molecule has 2 N–H and O–H groups in total. The van der Waals surface area contributed by atoms with Gasteiger partial charge >= 0.3 is 5.97 Å². The Balaban J connectivity index is 2.41. The molecule has 0 aromatic carbocycles. The van der Waals surface area contributed by atoms with Gasteiger partial charge in [-0.3, -0.25) is 9.69 Å². The molecule has 14 heavy (non-hydrogen) atoms. The van der Waals surface area contributed by atoms with Crippen molar-refractivity contribution in [3.05, 3.63) is 0 Å². The van der Waals surface area contributed by atoms with E-state index in [4.69, 9.17) is 10.5 Å². The first-order chi connectivity index (χ1) is 6.53. The number of rotatable bonds is 3. The van der Waals surface area contributed by atoms with Gasteiger partial charge in [-0.25, -0.2) is 0 Å². The Morgan fingerprint density at radius 3 is 2.86 bits per heavy atom. The lowest BCUT2D eigenvalue weighted by atomic mass is 9.93. The second-order valence-electron chi connectivity index (χ2n) is 4.61. The summed E-state index contributed by atoms with van der Waals surface area (Å²) >= 11 is 0. The zero-order chi connectivity index (χ0) is 10.6. The molecule has 82 valence electrons. The van der Waals surface area contributed by atoms with Crippen LogP contribution in [0.5, 0.6) is 0 Å². The molecule has 0 saturated carbocycles. The smallest absolute Gasteiger partial charge is 0.307 e. The summed E-state index contributed by atoms with van der Waals surface area (Å²) in [6.45, 7) is 8.01. The lowest BCUT2D eigenvalue weighted by Crippen LogP contribution is -2.39. The van der Waals surface area contributed by atoms with E-state index in [0.717, 1.165) is 19.6 Å². The number of carbonyl (C=O) groups is 1. The van der Waals surface area contributed by atoms with E-state index >= 15 is 0 Å². The van der Waals surface area contributed by atoms with Crippen LogP contribution in [0.25, 0.3) is 0 Å². The van der Waals surface area contributed by atoms with Crippen molar-refractivity contribution in [3.63, 3.8) is 0 Å². The van der Waals surface area contributed by atoms with Crippen LogP contribution in [-0.2, 0) is 9.53 Å². The SMILES string of the molecule is CC(C)(CN)CN1CCOC(=O)CC1. The second-order valence-corrected chi connectivity index (χ2v) is 4.61. The molecular formula is C10H20N2O2. The first-order valence-electron chi connectivity index (χ1n) is 5.11. The summed E-state index contributed by atoms with van der Waals surface area (Å²) in [7, 11) is 0. The molecule has 1 aliphatic heterocycles. The fourth-order valence-corrected chi connectivity index (χ4v) is 1.55. The molecule has 1 saturated heterocycles. The van der Waals surface area contributed by atoms with Gasteiger partial charge in [-0.15, -0.1) is 0 Å². The maximum absolute atomic E-state index is 11.0. The highest BCUT2D eigenvalue weighted by Gasteiger charge is 2.22. The highest BCUT2D eigenvalue weighted by Crippen LogP contribution is 2.15. The highest BCUT2D eigenvalue weighted by atomic mass is 16.5. The van der Waals surface area contributed by atoms with Crippen LogP contribution in [0.15, 0.2) is 0 Å². The number of nitrogens with two attached hydrogens (primary N) is 1. The molecule has 4 nitrogen and oxygen atoms in total. The van der Waals surface area contributed by atoms with Crippen LogP contribution in [-0.4, -0.2) is 43.7 Å². The Kier molecular flexibility index (Phi) is 3.89. The summed E-state index contributed by atoms with van der Waals surface area (Å²) in [6, 6.07) is 0. The minimum atomic E-state index is -0.0851. The van der Waals surface area contributed by atoms with Crippen molar-refractivity contribution < 1.29 is 9.53 Å². The third-order valence-corrected chi connectivity index (χ3v) is 2.51. The van der Waals surface area contributed by atoms with E-state index in [0.29, 0.717) is 19.6 Å².